The molecule has 2 atom stereocenters. The second kappa shape index (κ2) is 8.67. The molecule has 0 aromatic heterocycles. The van der Waals surface area contributed by atoms with Crippen molar-refractivity contribution in [3.63, 3.8) is 0 Å². The van der Waals surface area contributed by atoms with Crippen LogP contribution >= 0.6 is 0 Å². The molecule has 4 N–H and O–H groups in total. The molecule has 0 radical (unpaired) electrons. The molecule has 0 saturated heterocycles. The highest BCUT2D eigenvalue weighted by molar-refractivity contribution is 5.79. The Bertz CT molecular complexity index is 368. The maximum absolute atomic E-state index is 12.0. The van der Waals surface area contributed by atoms with Gasteiger partial charge in [-0.15, -0.1) is 0 Å². The van der Waals surface area contributed by atoms with Gasteiger partial charge in [-0.25, -0.2) is 0 Å². The molecule has 1 aromatic carbocycles. The lowest BCUT2D eigenvalue weighted by Gasteiger charge is -2.20. The number of hydrogen-bond donors (Lipinski definition) is 3. The molecule has 4 heteroatoms. The number of nitrogens with two attached hydrogens (primary N) is 1. The third kappa shape index (κ3) is 5.41. The van der Waals surface area contributed by atoms with Crippen molar-refractivity contribution in [2.24, 2.45) is 11.7 Å². The summed E-state index contributed by atoms with van der Waals surface area (Å²) in [5.41, 5.74) is 6.70. The van der Waals surface area contributed by atoms with E-state index in [1.807, 2.05) is 37.3 Å². The molecule has 0 spiro atoms. The summed E-state index contributed by atoms with van der Waals surface area (Å²) in [7, 11) is 0. The van der Waals surface area contributed by atoms with Crippen LogP contribution in [0.1, 0.15) is 25.3 Å². The van der Waals surface area contributed by atoms with Gasteiger partial charge in [0.25, 0.3) is 0 Å². The summed E-state index contributed by atoms with van der Waals surface area (Å²) in [6.45, 7) is 2.32. The molecule has 4 nitrogen and oxygen atoms in total. The Morgan fingerprint density at radius 2 is 2.05 bits per heavy atom. The fraction of sp³-hybridized carbons (Fsp3) is 0.533. The van der Waals surface area contributed by atoms with Gasteiger partial charge in [-0.3, -0.25) is 4.79 Å². The molecule has 0 aliphatic rings. The third-order valence-corrected chi connectivity index (χ3v) is 3.18. The van der Waals surface area contributed by atoms with Gasteiger partial charge in [0.1, 0.15) is 0 Å². The van der Waals surface area contributed by atoms with E-state index in [-0.39, 0.29) is 24.5 Å². The average molecular weight is 264 g/mol. The van der Waals surface area contributed by atoms with Crippen LogP contribution in [0.25, 0.3) is 0 Å². The van der Waals surface area contributed by atoms with Crippen molar-refractivity contribution in [1.82, 2.24) is 5.32 Å². The molecule has 1 aromatic rings. The highest BCUT2D eigenvalue weighted by Crippen LogP contribution is 2.07. The number of amides is 1. The fourth-order valence-corrected chi connectivity index (χ4v) is 2.08. The first-order valence-electron chi connectivity index (χ1n) is 6.86. The van der Waals surface area contributed by atoms with Crippen LogP contribution in [0.4, 0.5) is 0 Å². The van der Waals surface area contributed by atoms with Crippen LogP contribution in [-0.4, -0.2) is 30.2 Å². The fourth-order valence-electron chi connectivity index (χ4n) is 2.08. The summed E-state index contributed by atoms with van der Waals surface area (Å²) in [6.07, 6.45) is 2.34. The summed E-state index contributed by atoms with van der Waals surface area (Å²) < 4.78 is 0. The van der Waals surface area contributed by atoms with Crippen LogP contribution in [0.3, 0.4) is 0 Å². The van der Waals surface area contributed by atoms with Crippen molar-refractivity contribution < 1.29 is 9.90 Å². The Balaban J connectivity index is 2.54. The van der Waals surface area contributed by atoms with E-state index in [0.29, 0.717) is 13.0 Å². The van der Waals surface area contributed by atoms with E-state index in [1.54, 1.807) is 0 Å². The SMILES string of the molecule is CCCC(CN)C(=O)N[C@@H](CO)Cc1ccccc1. The lowest BCUT2D eigenvalue weighted by atomic mass is 10.0. The van der Waals surface area contributed by atoms with Gasteiger partial charge in [0, 0.05) is 6.54 Å². The van der Waals surface area contributed by atoms with E-state index in [2.05, 4.69) is 5.32 Å². The van der Waals surface area contributed by atoms with E-state index in [1.165, 1.54) is 0 Å². The largest absolute Gasteiger partial charge is 0.394 e. The van der Waals surface area contributed by atoms with Gasteiger partial charge in [0.15, 0.2) is 0 Å². The Kier molecular flexibility index (Phi) is 7.15. The number of nitrogens with one attached hydrogen (secondary N) is 1. The Labute approximate surface area is 115 Å². The van der Waals surface area contributed by atoms with Crippen LogP contribution < -0.4 is 11.1 Å². The molecule has 0 saturated carbocycles. The van der Waals surface area contributed by atoms with E-state index < -0.39 is 0 Å². The number of rotatable bonds is 8. The molecule has 0 fully saturated rings. The standard InChI is InChI=1S/C15H24N2O2/c1-2-6-13(10-16)15(19)17-14(11-18)9-12-7-4-3-5-8-12/h3-5,7-8,13-14,18H,2,6,9-11,16H2,1H3,(H,17,19)/t13?,14-/m1/s1. The van der Waals surface area contributed by atoms with Crippen LogP contribution in [0.2, 0.25) is 0 Å². The molecule has 0 bridgehead atoms. The predicted molar refractivity (Wildman–Crippen MR) is 76.6 cm³/mol. The number of hydrogen-bond acceptors (Lipinski definition) is 3. The average Bonchev–Trinajstić information content (AvgIpc) is 2.44. The highest BCUT2D eigenvalue weighted by Gasteiger charge is 2.19. The maximum atomic E-state index is 12.0. The first-order valence-corrected chi connectivity index (χ1v) is 6.86. The topological polar surface area (TPSA) is 75.4 Å². The summed E-state index contributed by atoms with van der Waals surface area (Å²) in [5.74, 6) is -0.214. The number of aliphatic hydroxyl groups excluding tert-OH is 1. The molecule has 1 rings (SSSR count). The molecular formula is C15H24N2O2. The van der Waals surface area contributed by atoms with Gasteiger partial charge in [0.05, 0.1) is 18.6 Å². The minimum absolute atomic E-state index is 0.0562. The molecule has 106 valence electrons. The number of carbonyl (C=O) groups excluding carboxylic acids is 1. The van der Waals surface area contributed by atoms with Gasteiger partial charge < -0.3 is 16.2 Å². The smallest absolute Gasteiger partial charge is 0.224 e. The zero-order valence-electron chi connectivity index (χ0n) is 11.5. The lowest BCUT2D eigenvalue weighted by Crippen LogP contribution is -2.44. The Hall–Kier alpha value is -1.39. The molecule has 0 heterocycles. The summed E-state index contributed by atoms with van der Waals surface area (Å²) in [6, 6.07) is 9.57. The highest BCUT2D eigenvalue weighted by atomic mass is 16.3. The molecule has 1 unspecified atom stereocenters. The Morgan fingerprint density at radius 1 is 1.37 bits per heavy atom. The molecule has 0 aliphatic heterocycles. The van der Waals surface area contributed by atoms with Crippen LogP contribution in [-0.2, 0) is 11.2 Å². The second-order valence-corrected chi connectivity index (χ2v) is 4.80. The minimum atomic E-state index is -0.249. The zero-order chi connectivity index (χ0) is 14.1. The lowest BCUT2D eigenvalue weighted by molar-refractivity contribution is -0.125. The summed E-state index contributed by atoms with van der Waals surface area (Å²) >= 11 is 0. The normalized spacial score (nSPS) is 13.8. The quantitative estimate of drug-likeness (QED) is 0.657. The number of benzene rings is 1. The van der Waals surface area contributed by atoms with Gasteiger partial charge in [-0.05, 0) is 18.4 Å². The van der Waals surface area contributed by atoms with Crippen molar-refractivity contribution in [2.45, 2.75) is 32.2 Å². The third-order valence-electron chi connectivity index (χ3n) is 3.18. The number of carbonyl (C=O) groups is 1. The monoisotopic (exact) mass is 264 g/mol. The van der Waals surface area contributed by atoms with Crippen molar-refractivity contribution in [1.29, 1.82) is 0 Å². The Morgan fingerprint density at radius 3 is 2.58 bits per heavy atom. The van der Waals surface area contributed by atoms with Crippen LogP contribution in [0.15, 0.2) is 30.3 Å². The van der Waals surface area contributed by atoms with E-state index >= 15 is 0 Å². The van der Waals surface area contributed by atoms with Crippen molar-refractivity contribution in [2.75, 3.05) is 13.2 Å². The zero-order valence-corrected chi connectivity index (χ0v) is 11.5. The number of aliphatic hydroxyl groups is 1. The van der Waals surface area contributed by atoms with Crippen molar-refractivity contribution in [3.8, 4) is 0 Å². The molecule has 19 heavy (non-hydrogen) atoms. The first-order chi connectivity index (χ1) is 9.21. The first kappa shape index (κ1) is 15.7. The summed E-state index contributed by atoms with van der Waals surface area (Å²) in [4.78, 5) is 12.0. The van der Waals surface area contributed by atoms with Gasteiger partial charge >= 0.3 is 0 Å². The van der Waals surface area contributed by atoms with Crippen LogP contribution in [0.5, 0.6) is 0 Å². The second-order valence-electron chi connectivity index (χ2n) is 4.80. The van der Waals surface area contributed by atoms with Crippen LogP contribution in [0, 0.1) is 5.92 Å². The van der Waals surface area contributed by atoms with Gasteiger partial charge in [-0.2, -0.15) is 0 Å². The van der Waals surface area contributed by atoms with E-state index in [4.69, 9.17) is 5.73 Å². The molecular weight excluding hydrogens is 240 g/mol. The van der Waals surface area contributed by atoms with Gasteiger partial charge in [-0.1, -0.05) is 43.7 Å². The molecule has 0 aliphatic carbocycles. The van der Waals surface area contributed by atoms with Crippen molar-refractivity contribution >= 4 is 5.91 Å². The van der Waals surface area contributed by atoms with E-state index in [0.717, 1.165) is 18.4 Å². The summed E-state index contributed by atoms with van der Waals surface area (Å²) in [5, 5.41) is 12.3. The van der Waals surface area contributed by atoms with Crippen molar-refractivity contribution in [3.05, 3.63) is 35.9 Å². The predicted octanol–water partition coefficient (Wildman–Crippen LogP) is 1.08. The maximum Gasteiger partial charge on any atom is 0.224 e. The minimum Gasteiger partial charge on any atom is -0.394 e. The van der Waals surface area contributed by atoms with Gasteiger partial charge in [0.2, 0.25) is 5.91 Å². The molecule has 1 amide bonds. The van der Waals surface area contributed by atoms with E-state index in [9.17, 15) is 9.90 Å².